The van der Waals surface area contributed by atoms with Crippen molar-refractivity contribution in [3.63, 3.8) is 0 Å². The summed E-state index contributed by atoms with van der Waals surface area (Å²) in [6, 6.07) is 11.5. The fraction of sp³-hybridized carbons (Fsp3) is 0.294. The van der Waals surface area contributed by atoms with Gasteiger partial charge in [-0.05, 0) is 53.0 Å². The summed E-state index contributed by atoms with van der Waals surface area (Å²) in [4.78, 5) is 16.0. The van der Waals surface area contributed by atoms with Crippen LogP contribution in [-0.4, -0.2) is 17.5 Å². The van der Waals surface area contributed by atoms with Crippen LogP contribution in [0.1, 0.15) is 31.4 Å². The topological polar surface area (TPSA) is 51.2 Å². The van der Waals surface area contributed by atoms with Crippen molar-refractivity contribution in [3.05, 3.63) is 58.8 Å². The maximum atomic E-state index is 11.9. The Morgan fingerprint density at radius 1 is 1.32 bits per heavy atom. The molecule has 4 nitrogen and oxygen atoms in total. The largest absolute Gasteiger partial charge is 0.492 e. The molecular formula is C17H19BrN2O2. The van der Waals surface area contributed by atoms with Crippen molar-refractivity contribution in [2.45, 2.75) is 25.8 Å². The number of ether oxygens (including phenoxy) is 1. The van der Waals surface area contributed by atoms with E-state index in [1.807, 2.05) is 43.3 Å². The third kappa shape index (κ3) is 5.15. The molecule has 2 rings (SSSR count). The molecule has 1 atom stereocenters. The van der Waals surface area contributed by atoms with Crippen LogP contribution in [0.5, 0.6) is 5.75 Å². The number of carbonyl (C=O) groups is 1. The van der Waals surface area contributed by atoms with Crippen molar-refractivity contribution in [2.24, 2.45) is 0 Å². The summed E-state index contributed by atoms with van der Waals surface area (Å²) in [7, 11) is 0. The molecule has 0 saturated carbocycles. The number of hydrogen-bond acceptors (Lipinski definition) is 3. The number of carbonyl (C=O) groups excluding carboxylic acids is 1. The molecule has 0 saturated heterocycles. The van der Waals surface area contributed by atoms with Gasteiger partial charge in [0.1, 0.15) is 5.75 Å². The maximum Gasteiger partial charge on any atom is 0.220 e. The normalized spacial score (nSPS) is 11.7. The number of nitrogens with one attached hydrogen (secondary N) is 1. The Morgan fingerprint density at radius 2 is 2.14 bits per heavy atom. The van der Waals surface area contributed by atoms with Gasteiger partial charge in [-0.15, -0.1) is 0 Å². The molecule has 0 fully saturated rings. The number of nitrogens with zero attached hydrogens (tertiary/aromatic N) is 1. The van der Waals surface area contributed by atoms with E-state index in [9.17, 15) is 4.79 Å². The minimum atomic E-state index is -0.0367. The van der Waals surface area contributed by atoms with E-state index in [1.165, 1.54) is 0 Å². The van der Waals surface area contributed by atoms with Gasteiger partial charge in [0, 0.05) is 18.8 Å². The monoisotopic (exact) mass is 362 g/mol. The van der Waals surface area contributed by atoms with Gasteiger partial charge in [0.05, 0.1) is 17.1 Å². The van der Waals surface area contributed by atoms with Gasteiger partial charge in [0.2, 0.25) is 5.91 Å². The molecule has 5 heteroatoms. The van der Waals surface area contributed by atoms with E-state index in [4.69, 9.17) is 4.74 Å². The first kappa shape index (κ1) is 16.5. The molecule has 0 bridgehead atoms. The van der Waals surface area contributed by atoms with E-state index in [0.29, 0.717) is 19.4 Å². The molecule has 0 radical (unpaired) electrons. The van der Waals surface area contributed by atoms with Crippen molar-refractivity contribution in [1.82, 2.24) is 10.3 Å². The molecule has 0 aliphatic heterocycles. The molecule has 0 spiro atoms. The Morgan fingerprint density at radius 3 is 2.86 bits per heavy atom. The molecule has 0 aliphatic carbocycles. The van der Waals surface area contributed by atoms with Gasteiger partial charge in [-0.25, -0.2) is 0 Å². The molecule has 0 aliphatic rings. The lowest BCUT2D eigenvalue weighted by molar-refractivity contribution is -0.121. The van der Waals surface area contributed by atoms with Crippen LogP contribution in [0.3, 0.4) is 0 Å². The van der Waals surface area contributed by atoms with Gasteiger partial charge in [-0.1, -0.05) is 18.2 Å². The molecule has 1 N–H and O–H groups in total. The second-order valence-corrected chi connectivity index (χ2v) is 5.81. The predicted molar refractivity (Wildman–Crippen MR) is 89.7 cm³/mol. The quantitative estimate of drug-likeness (QED) is 0.760. The van der Waals surface area contributed by atoms with Gasteiger partial charge in [0.15, 0.2) is 0 Å². The summed E-state index contributed by atoms with van der Waals surface area (Å²) in [5, 5.41) is 2.96. The van der Waals surface area contributed by atoms with Crippen LogP contribution in [0, 0.1) is 0 Å². The van der Waals surface area contributed by atoms with Crippen LogP contribution < -0.4 is 10.1 Å². The van der Waals surface area contributed by atoms with Crippen LogP contribution in [-0.2, 0) is 4.79 Å². The summed E-state index contributed by atoms with van der Waals surface area (Å²) in [6.07, 6.45) is 4.60. The molecule has 1 amide bonds. The number of para-hydroxylation sites is 1. The molecule has 2 aromatic rings. The van der Waals surface area contributed by atoms with Crippen molar-refractivity contribution >= 4 is 21.8 Å². The number of aromatic nitrogens is 1. The third-order valence-electron chi connectivity index (χ3n) is 3.20. The van der Waals surface area contributed by atoms with Gasteiger partial charge in [-0.2, -0.15) is 0 Å². The number of rotatable bonds is 7. The fourth-order valence-electron chi connectivity index (χ4n) is 2.01. The second-order valence-electron chi connectivity index (χ2n) is 4.96. The number of pyridine rings is 1. The Kier molecular flexibility index (Phi) is 6.40. The maximum absolute atomic E-state index is 11.9. The minimum absolute atomic E-state index is 0.0204. The zero-order valence-corrected chi connectivity index (χ0v) is 14.0. The fourth-order valence-corrected chi connectivity index (χ4v) is 2.40. The Bertz CT molecular complexity index is 605. The summed E-state index contributed by atoms with van der Waals surface area (Å²) < 4.78 is 6.56. The zero-order chi connectivity index (χ0) is 15.8. The van der Waals surface area contributed by atoms with Gasteiger partial charge in [-0.3, -0.25) is 9.78 Å². The Balaban J connectivity index is 1.69. The highest BCUT2D eigenvalue weighted by Crippen LogP contribution is 2.23. The first-order valence-electron chi connectivity index (χ1n) is 7.23. The highest BCUT2D eigenvalue weighted by molar-refractivity contribution is 9.10. The van der Waals surface area contributed by atoms with Crippen LogP contribution >= 0.6 is 15.9 Å². The van der Waals surface area contributed by atoms with Crippen molar-refractivity contribution in [2.75, 3.05) is 6.61 Å². The Hall–Kier alpha value is -1.88. The first-order chi connectivity index (χ1) is 10.7. The van der Waals surface area contributed by atoms with E-state index in [0.717, 1.165) is 15.8 Å². The number of hydrogen-bond donors (Lipinski definition) is 1. The highest BCUT2D eigenvalue weighted by atomic mass is 79.9. The van der Waals surface area contributed by atoms with Gasteiger partial charge in [0.25, 0.3) is 0 Å². The summed E-state index contributed by atoms with van der Waals surface area (Å²) in [5.74, 6) is 0.818. The number of amides is 1. The van der Waals surface area contributed by atoms with Crippen molar-refractivity contribution < 1.29 is 9.53 Å². The second kappa shape index (κ2) is 8.54. The highest BCUT2D eigenvalue weighted by Gasteiger charge is 2.09. The van der Waals surface area contributed by atoms with E-state index in [2.05, 4.69) is 26.2 Å². The lowest BCUT2D eigenvalue weighted by Crippen LogP contribution is -2.26. The third-order valence-corrected chi connectivity index (χ3v) is 3.86. The average Bonchev–Trinajstić information content (AvgIpc) is 2.54. The molecule has 1 aromatic carbocycles. The Labute approximate surface area is 139 Å². The van der Waals surface area contributed by atoms with E-state index in [-0.39, 0.29) is 11.9 Å². The molecule has 1 unspecified atom stereocenters. The summed E-state index contributed by atoms with van der Waals surface area (Å²) in [5.41, 5.74) is 1.00. The van der Waals surface area contributed by atoms with Gasteiger partial charge >= 0.3 is 0 Å². The van der Waals surface area contributed by atoms with E-state index >= 15 is 0 Å². The predicted octanol–water partition coefficient (Wildman–Crippen LogP) is 3.88. The smallest absolute Gasteiger partial charge is 0.220 e. The van der Waals surface area contributed by atoms with Crippen LogP contribution in [0.2, 0.25) is 0 Å². The molecule has 22 heavy (non-hydrogen) atoms. The van der Waals surface area contributed by atoms with Crippen LogP contribution in [0.15, 0.2) is 53.3 Å². The first-order valence-corrected chi connectivity index (χ1v) is 8.02. The van der Waals surface area contributed by atoms with Crippen LogP contribution in [0.4, 0.5) is 0 Å². The van der Waals surface area contributed by atoms with E-state index < -0.39 is 0 Å². The molecule has 1 heterocycles. The minimum Gasteiger partial charge on any atom is -0.492 e. The van der Waals surface area contributed by atoms with Crippen molar-refractivity contribution in [3.8, 4) is 5.75 Å². The summed E-state index contributed by atoms with van der Waals surface area (Å²) >= 11 is 3.43. The molecular weight excluding hydrogens is 344 g/mol. The molecule has 1 aromatic heterocycles. The lowest BCUT2D eigenvalue weighted by Gasteiger charge is -2.14. The zero-order valence-electron chi connectivity index (χ0n) is 12.5. The van der Waals surface area contributed by atoms with Crippen LogP contribution in [0.25, 0.3) is 0 Å². The van der Waals surface area contributed by atoms with Gasteiger partial charge < -0.3 is 10.1 Å². The standard InChI is InChI=1S/C17H19BrN2O2/c1-13(14-6-4-10-19-12-14)20-17(21)9-5-11-22-16-8-3-2-7-15(16)18/h2-4,6-8,10,12-13H,5,9,11H2,1H3,(H,20,21). The van der Waals surface area contributed by atoms with Crippen molar-refractivity contribution in [1.29, 1.82) is 0 Å². The lowest BCUT2D eigenvalue weighted by atomic mass is 10.1. The number of benzene rings is 1. The van der Waals surface area contributed by atoms with E-state index in [1.54, 1.807) is 12.4 Å². The SMILES string of the molecule is CC(NC(=O)CCCOc1ccccc1Br)c1cccnc1. The number of halogens is 1. The average molecular weight is 363 g/mol. The summed E-state index contributed by atoms with van der Waals surface area (Å²) in [6.45, 7) is 2.46. The molecule has 116 valence electrons.